The van der Waals surface area contributed by atoms with E-state index in [1.165, 1.54) is 4.90 Å². The van der Waals surface area contributed by atoms with E-state index in [0.29, 0.717) is 6.54 Å². The quantitative estimate of drug-likeness (QED) is 0.394. The van der Waals surface area contributed by atoms with Gasteiger partial charge in [-0.05, 0) is 37.1 Å². The molecule has 0 aliphatic heterocycles. The molecule has 3 aromatic rings. The summed E-state index contributed by atoms with van der Waals surface area (Å²) >= 11 is 6.30. The normalized spacial score (nSPS) is 12.0. The number of sulfonamides is 1. The fraction of sp³-hybridized carbons (Fsp3) is 0.286. The van der Waals surface area contributed by atoms with Crippen molar-refractivity contribution >= 4 is 39.1 Å². The Hall–Kier alpha value is -3.36. The number of likely N-dealkylation sites (N-methyl/N-ethyl adjacent to an activating group) is 1. The third-order valence-electron chi connectivity index (χ3n) is 5.86. The standard InChI is InChI=1S/C28H32ClN3O4S/c1-4-30-28(34)26(18-22-12-6-5-7-13-22)31(19-23-14-10-11-21(2)17-23)27(33)20-32(37(3,35)36)25-16-9-8-15-24(25)29/h5-17,26H,4,18-20H2,1-3H3,(H,30,34). The Morgan fingerprint density at radius 2 is 1.59 bits per heavy atom. The van der Waals surface area contributed by atoms with Gasteiger partial charge in [-0.15, -0.1) is 0 Å². The van der Waals surface area contributed by atoms with Gasteiger partial charge < -0.3 is 10.2 Å². The molecule has 37 heavy (non-hydrogen) atoms. The second-order valence-corrected chi connectivity index (χ2v) is 11.1. The summed E-state index contributed by atoms with van der Waals surface area (Å²) < 4.78 is 26.5. The highest BCUT2D eigenvalue weighted by Gasteiger charge is 2.33. The number of halogens is 1. The van der Waals surface area contributed by atoms with Gasteiger partial charge in [0.05, 0.1) is 17.0 Å². The van der Waals surface area contributed by atoms with E-state index in [1.54, 1.807) is 24.3 Å². The van der Waals surface area contributed by atoms with E-state index >= 15 is 0 Å². The molecular formula is C28H32ClN3O4S. The van der Waals surface area contributed by atoms with Crippen LogP contribution in [-0.4, -0.2) is 50.5 Å². The molecule has 0 spiro atoms. The summed E-state index contributed by atoms with van der Waals surface area (Å²) in [6.45, 7) is 3.79. The lowest BCUT2D eigenvalue weighted by Crippen LogP contribution is -2.53. The third-order valence-corrected chi connectivity index (χ3v) is 7.30. The summed E-state index contributed by atoms with van der Waals surface area (Å²) in [5.41, 5.74) is 2.93. The van der Waals surface area contributed by atoms with E-state index in [4.69, 9.17) is 11.6 Å². The molecule has 0 saturated heterocycles. The van der Waals surface area contributed by atoms with Gasteiger partial charge in [-0.3, -0.25) is 13.9 Å². The van der Waals surface area contributed by atoms with Crippen LogP contribution in [0.3, 0.4) is 0 Å². The van der Waals surface area contributed by atoms with E-state index in [9.17, 15) is 18.0 Å². The Balaban J connectivity index is 2.05. The molecule has 0 aliphatic rings. The van der Waals surface area contributed by atoms with Gasteiger partial charge in [0.1, 0.15) is 12.6 Å². The maximum Gasteiger partial charge on any atom is 0.244 e. The summed E-state index contributed by atoms with van der Waals surface area (Å²) in [6.07, 6.45) is 1.30. The molecule has 0 fully saturated rings. The zero-order chi connectivity index (χ0) is 27.0. The van der Waals surface area contributed by atoms with Crippen LogP contribution in [0, 0.1) is 6.92 Å². The molecule has 0 bridgehead atoms. The number of benzene rings is 3. The first-order valence-electron chi connectivity index (χ1n) is 12.0. The van der Waals surface area contributed by atoms with Crippen molar-refractivity contribution in [3.05, 3.63) is 101 Å². The van der Waals surface area contributed by atoms with Crippen LogP contribution in [-0.2, 0) is 32.6 Å². The molecular weight excluding hydrogens is 510 g/mol. The number of carbonyl (C=O) groups excluding carboxylic acids is 2. The molecule has 9 heteroatoms. The van der Waals surface area contributed by atoms with E-state index in [-0.39, 0.29) is 29.6 Å². The molecule has 0 saturated carbocycles. The van der Waals surface area contributed by atoms with E-state index < -0.39 is 28.5 Å². The number of hydrogen-bond donors (Lipinski definition) is 1. The second kappa shape index (κ2) is 12.7. The Morgan fingerprint density at radius 3 is 2.22 bits per heavy atom. The summed E-state index contributed by atoms with van der Waals surface area (Å²) in [5.74, 6) is -0.824. The zero-order valence-corrected chi connectivity index (χ0v) is 22.8. The van der Waals surface area contributed by atoms with Crippen LogP contribution >= 0.6 is 11.6 Å². The molecule has 3 aromatic carbocycles. The number of hydrogen-bond acceptors (Lipinski definition) is 4. The lowest BCUT2D eigenvalue weighted by molar-refractivity contribution is -0.140. The Bertz CT molecular complexity index is 1330. The number of nitrogens with one attached hydrogen (secondary N) is 1. The SMILES string of the molecule is CCNC(=O)C(Cc1ccccc1)N(Cc1cccc(C)c1)C(=O)CN(c1ccccc1Cl)S(C)(=O)=O. The predicted molar refractivity (Wildman–Crippen MR) is 148 cm³/mol. The molecule has 0 aliphatic carbocycles. The Labute approximate surface area is 224 Å². The van der Waals surface area contributed by atoms with Crippen molar-refractivity contribution in [3.63, 3.8) is 0 Å². The van der Waals surface area contributed by atoms with Gasteiger partial charge in [-0.25, -0.2) is 8.42 Å². The van der Waals surface area contributed by atoms with Gasteiger partial charge in [0.2, 0.25) is 21.8 Å². The van der Waals surface area contributed by atoms with Crippen LogP contribution in [0.2, 0.25) is 5.02 Å². The average Bonchev–Trinajstić information content (AvgIpc) is 2.85. The highest BCUT2D eigenvalue weighted by atomic mass is 35.5. The molecule has 0 heterocycles. The monoisotopic (exact) mass is 541 g/mol. The maximum absolute atomic E-state index is 13.9. The maximum atomic E-state index is 13.9. The molecule has 1 N–H and O–H groups in total. The Morgan fingerprint density at radius 1 is 0.946 bits per heavy atom. The van der Waals surface area contributed by atoms with Crippen LogP contribution in [0.4, 0.5) is 5.69 Å². The molecule has 196 valence electrons. The lowest BCUT2D eigenvalue weighted by atomic mass is 10.0. The van der Waals surface area contributed by atoms with Gasteiger partial charge in [0.25, 0.3) is 0 Å². The van der Waals surface area contributed by atoms with Gasteiger partial charge >= 0.3 is 0 Å². The zero-order valence-electron chi connectivity index (χ0n) is 21.2. The van der Waals surface area contributed by atoms with Gasteiger partial charge in [-0.2, -0.15) is 0 Å². The van der Waals surface area contributed by atoms with Crippen molar-refractivity contribution in [3.8, 4) is 0 Å². The van der Waals surface area contributed by atoms with Crippen molar-refractivity contribution < 1.29 is 18.0 Å². The molecule has 1 unspecified atom stereocenters. The summed E-state index contributed by atoms with van der Waals surface area (Å²) in [6, 6.07) is 22.7. The number of aryl methyl sites for hydroxylation is 1. The first-order chi connectivity index (χ1) is 17.6. The van der Waals surface area contributed by atoms with Crippen molar-refractivity contribution in [1.82, 2.24) is 10.2 Å². The number of carbonyl (C=O) groups is 2. The molecule has 1 atom stereocenters. The molecule has 0 aromatic heterocycles. The van der Waals surface area contributed by atoms with Crippen molar-refractivity contribution in [1.29, 1.82) is 0 Å². The second-order valence-electron chi connectivity index (χ2n) is 8.83. The molecule has 2 amide bonds. The molecule has 0 radical (unpaired) electrons. The smallest absolute Gasteiger partial charge is 0.244 e. The average molecular weight is 542 g/mol. The fourth-order valence-corrected chi connectivity index (χ4v) is 5.25. The minimum absolute atomic E-state index is 0.134. The number of anilines is 1. The topological polar surface area (TPSA) is 86.8 Å². The van der Waals surface area contributed by atoms with Crippen molar-refractivity contribution in [2.45, 2.75) is 32.9 Å². The minimum Gasteiger partial charge on any atom is -0.355 e. The summed E-state index contributed by atoms with van der Waals surface area (Å²) in [7, 11) is -3.86. The number of amides is 2. The minimum atomic E-state index is -3.86. The van der Waals surface area contributed by atoms with E-state index in [1.807, 2.05) is 68.4 Å². The fourth-order valence-electron chi connectivity index (χ4n) is 4.10. The van der Waals surface area contributed by atoms with Crippen LogP contribution < -0.4 is 9.62 Å². The molecule has 7 nitrogen and oxygen atoms in total. The van der Waals surface area contributed by atoms with E-state index in [2.05, 4.69) is 5.32 Å². The van der Waals surface area contributed by atoms with Crippen LogP contribution in [0.1, 0.15) is 23.6 Å². The highest BCUT2D eigenvalue weighted by molar-refractivity contribution is 7.92. The van der Waals surface area contributed by atoms with Gasteiger partial charge in [0.15, 0.2) is 0 Å². The first kappa shape index (κ1) is 28.2. The summed E-state index contributed by atoms with van der Waals surface area (Å²) in [5, 5.41) is 3.04. The van der Waals surface area contributed by atoms with Gasteiger partial charge in [0, 0.05) is 19.5 Å². The van der Waals surface area contributed by atoms with Crippen LogP contribution in [0.5, 0.6) is 0 Å². The largest absolute Gasteiger partial charge is 0.355 e. The van der Waals surface area contributed by atoms with Crippen LogP contribution in [0.15, 0.2) is 78.9 Å². The first-order valence-corrected chi connectivity index (χ1v) is 14.2. The van der Waals surface area contributed by atoms with Crippen molar-refractivity contribution in [2.24, 2.45) is 0 Å². The van der Waals surface area contributed by atoms with Crippen LogP contribution in [0.25, 0.3) is 0 Å². The predicted octanol–water partition coefficient (Wildman–Crippen LogP) is 4.19. The third kappa shape index (κ3) is 7.81. The number of nitrogens with zero attached hydrogens (tertiary/aromatic N) is 2. The summed E-state index contributed by atoms with van der Waals surface area (Å²) in [4.78, 5) is 28.7. The lowest BCUT2D eigenvalue weighted by Gasteiger charge is -2.33. The molecule has 3 rings (SSSR count). The number of rotatable bonds is 11. The van der Waals surface area contributed by atoms with E-state index in [0.717, 1.165) is 27.3 Å². The van der Waals surface area contributed by atoms with Gasteiger partial charge in [-0.1, -0.05) is 83.9 Å². The highest BCUT2D eigenvalue weighted by Crippen LogP contribution is 2.27. The van der Waals surface area contributed by atoms with Crippen molar-refractivity contribution in [2.75, 3.05) is 23.7 Å². The Kier molecular flexibility index (Phi) is 9.72. The number of para-hydroxylation sites is 1.